The van der Waals surface area contributed by atoms with Crippen LogP contribution in [0, 0.1) is 5.92 Å². The highest BCUT2D eigenvalue weighted by Crippen LogP contribution is 2.35. The average Bonchev–Trinajstić information content (AvgIpc) is 3.44. The number of allylic oxidation sites excluding steroid dienone is 1. The summed E-state index contributed by atoms with van der Waals surface area (Å²) in [4.78, 5) is 35.8. The molecular weight excluding hydrogens is 370 g/mol. The lowest BCUT2D eigenvalue weighted by atomic mass is 10.1. The summed E-state index contributed by atoms with van der Waals surface area (Å²) >= 11 is 0. The molecule has 0 aromatic heterocycles. The summed E-state index contributed by atoms with van der Waals surface area (Å²) in [6.45, 7) is 7.78. The number of para-hydroxylation sites is 1. The molecule has 3 N–H and O–H groups in total. The van der Waals surface area contributed by atoms with E-state index in [1.165, 1.54) is 0 Å². The zero-order valence-electron chi connectivity index (χ0n) is 17.6. The number of rotatable bonds is 8. The molecule has 0 unspecified atom stereocenters. The van der Waals surface area contributed by atoms with Gasteiger partial charge in [0.2, 0.25) is 11.8 Å². The van der Waals surface area contributed by atoms with Gasteiger partial charge in [0.25, 0.3) is 0 Å². The van der Waals surface area contributed by atoms with Gasteiger partial charge in [-0.1, -0.05) is 23.8 Å². The third kappa shape index (κ3) is 8.81. The monoisotopic (exact) mass is 401 g/mol. The summed E-state index contributed by atoms with van der Waals surface area (Å²) in [6, 6.07) is 7.35. The maximum absolute atomic E-state index is 12.2. The molecule has 1 fully saturated rings. The van der Waals surface area contributed by atoms with Gasteiger partial charge in [0.05, 0.1) is 0 Å². The average molecular weight is 402 g/mol. The lowest BCUT2D eigenvalue weighted by Gasteiger charge is -2.19. The van der Waals surface area contributed by atoms with E-state index in [-0.39, 0.29) is 31.3 Å². The Kier molecular flexibility index (Phi) is 7.82. The van der Waals surface area contributed by atoms with Crippen molar-refractivity contribution in [2.24, 2.45) is 5.92 Å². The molecule has 1 aliphatic carbocycles. The Labute approximate surface area is 172 Å². The van der Waals surface area contributed by atoms with Crippen molar-refractivity contribution < 1.29 is 19.1 Å². The van der Waals surface area contributed by atoms with Crippen LogP contribution in [-0.2, 0) is 20.9 Å². The van der Waals surface area contributed by atoms with Crippen LogP contribution in [0.5, 0.6) is 0 Å². The number of anilines is 1. The van der Waals surface area contributed by atoms with Crippen molar-refractivity contribution in [1.29, 1.82) is 0 Å². The van der Waals surface area contributed by atoms with Crippen LogP contribution in [-0.4, -0.2) is 30.1 Å². The summed E-state index contributed by atoms with van der Waals surface area (Å²) < 4.78 is 5.12. The van der Waals surface area contributed by atoms with Gasteiger partial charge in [0, 0.05) is 31.3 Å². The topological polar surface area (TPSA) is 96.5 Å². The van der Waals surface area contributed by atoms with Gasteiger partial charge in [-0.05, 0) is 58.1 Å². The van der Waals surface area contributed by atoms with Gasteiger partial charge in [-0.2, -0.15) is 0 Å². The molecule has 0 heterocycles. The highest BCUT2D eigenvalue weighted by Gasteiger charge is 2.23. The second kappa shape index (κ2) is 10.1. The lowest BCUT2D eigenvalue weighted by molar-refractivity contribution is -0.121. The van der Waals surface area contributed by atoms with Gasteiger partial charge in [0.15, 0.2) is 0 Å². The number of hydrogen-bond acceptors (Lipinski definition) is 4. The Balaban J connectivity index is 1.78. The Morgan fingerprint density at radius 1 is 1.14 bits per heavy atom. The minimum atomic E-state index is -0.577. The molecule has 0 spiro atoms. The van der Waals surface area contributed by atoms with E-state index in [2.05, 4.69) is 16.0 Å². The SMILES string of the molecule is C/C(=C\C(=O)Nc1ccccc1CNC(=O)CCNC(=O)OC(C)(C)C)C1CC1. The molecule has 1 aromatic rings. The van der Waals surface area contributed by atoms with Gasteiger partial charge in [-0.3, -0.25) is 9.59 Å². The standard InChI is InChI=1S/C22H31N3O4/c1-15(16-9-10-16)13-20(27)25-18-8-6-5-7-17(18)14-24-19(26)11-12-23-21(28)29-22(2,3)4/h5-8,13,16H,9-12,14H2,1-4H3,(H,23,28)(H,24,26)(H,25,27)/b15-13+. The molecule has 158 valence electrons. The minimum absolute atomic E-state index is 0.136. The first-order valence-corrected chi connectivity index (χ1v) is 9.94. The second-order valence-corrected chi connectivity index (χ2v) is 8.26. The van der Waals surface area contributed by atoms with Gasteiger partial charge >= 0.3 is 6.09 Å². The molecule has 7 nitrogen and oxygen atoms in total. The molecule has 3 amide bonds. The molecule has 0 bridgehead atoms. The predicted molar refractivity (Wildman–Crippen MR) is 112 cm³/mol. The number of hydrogen-bond donors (Lipinski definition) is 3. The highest BCUT2D eigenvalue weighted by molar-refractivity contribution is 6.00. The van der Waals surface area contributed by atoms with Crippen molar-refractivity contribution in [2.75, 3.05) is 11.9 Å². The van der Waals surface area contributed by atoms with Crippen LogP contribution in [0.1, 0.15) is 52.5 Å². The lowest BCUT2D eigenvalue weighted by Crippen LogP contribution is -2.35. The number of ether oxygens (including phenoxy) is 1. The van der Waals surface area contributed by atoms with E-state index in [1.54, 1.807) is 26.8 Å². The fraction of sp³-hybridized carbons (Fsp3) is 0.500. The third-order valence-electron chi connectivity index (χ3n) is 4.35. The number of amides is 3. The normalized spacial score (nSPS) is 14.1. The predicted octanol–water partition coefficient (Wildman–Crippen LogP) is 3.51. The van der Waals surface area contributed by atoms with Crippen LogP contribution < -0.4 is 16.0 Å². The molecular formula is C22H31N3O4. The highest BCUT2D eigenvalue weighted by atomic mass is 16.6. The van der Waals surface area contributed by atoms with Crippen molar-refractivity contribution in [1.82, 2.24) is 10.6 Å². The smallest absolute Gasteiger partial charge is 0.407 e. The first kappa shape index (κ1) is 22.5. The van der Waals surface area contributed by atoms with Gasteiger partial charge in [0.1, 0.15) is 5.60 Å². The quantitative estimate of drug-likeness (QED) is 0.581. The van der Waals surface area contributed by atoms with E-state index in [4.69, 9.17) is 4.74 Å². The van der Waals surface area contributed by atoms with E-state index in [0.717, 1.165) is 24.0 Å². The molecule has 2 rings (SSSR count). The van der Waals surface area contributed by atoms with Crippen LogP contribution in [0.15, 0.2) is 35.9 Å². The summed E-state index contributed by atoms with van der Waals surface area (Å²) in [7, 11) is 0. The van der Waals surface area contributed by atoms with E-state index in [1.807, 2.05) is 31.2 Å². The number of benzene rings is 1. The molecule has 0 radical (unpaired) electrons. The van der Waals surface area contributed by atoms with Crippen molar-refractivity contribution in [3.63, 3.8) is 0 Å². The zero-order chi connectivity index (χ0) is 21.4. The first-order chi connectivity index (χ1) is 13.6. The number of carbonyl (C=O) groups is 3. The molecule has 1 aliphatic rings. The van der Waals surface area contributed by atoms with E-state index in [9.17, 15) is 14.4 Å². The van der Waals surface area contributed by atoms with Gasteiger partial charge in [-0.25, -0.2) is 4.79 Å². The zero-order valence-corrected chi connectivity index (χ0v) is 17.6. The molecule has 1 aromatic carbocycles. The first-order valence-electron chi connectivity index (χ1n) is 9.94. The van der Waals surface area contributed by atoms with Crippen LogP contribution in [0.4, 0.5) is 10.5 Å². The van der Waals surface area contributed by atoms with Crippen LogP contribution >= 0.6 is 0 Å². The van der Waals surface area contributed by atoms with Crippen LogP contribution in [0.2, 0.25) is 0 Å². The molecule has 0 atom stereocenters. The second-order valence-electron chi connectivity index (χ2n) is 8.26. The van der Waals surface area contributed by atoms with Crippen molar-refractivity contribution in [3.05, 3.63) is 41.5 Å². The molecule has 7 heteroatoms. The summed E-state index contributed by atoms with van der Waals surface area (Å²) in [6.07, 6.45) is 3.54. The maximum atomic E-state index is 12.2. The number of carbonyl (C=O) groups excluding carboxylic acids is 3. The number of alkyl carbamates (subject to hydrolysis) is 1. The summed E-state index contributed by atoms with van der Waals surface area (Å²) in [5.41, 5.74) is 2.01. The Morgan fingerprint density at radius 2 is 1.83 bits per heavy atom. The van der Waals surface area contributed by atoms with Crippen LogP contribution in [0.25, 0.3) is 0 Å². The molecule has 1 saturated carbocycles. The van der Waals surface area contributed by atoms with Crippen molar-refractivity contribution in [2.45, 2.75) is 59.1 Å². The third-order valence-corrected chi connectivity index (χ3v) is 4.35. The Hall–Kier alpha value is -2.83. The van der Waals surface area contributed by atoms with E-state index >= 15 is 0 Å². The molecule has 0 aliphatic heterocycles. The van der Waals surface area contributed by atoms with E-state index < -0.39 is 11.7 Å². The van der Waals surface area contributed by atoms with Crippen molar-refractivity contribution in [3.8, 4) is 0 Å². The summed E-state index contributed by atoms with van der Waals surface area (Å²) in [5, 5.41) is 8.25. The molecule has 0 saturated heterocycles. The van der Waals surface area contributed by atoms with Gasteiger partial charge < -0.3 is 20.7 Å². The Bertz CT molecular complexity index is 777. The van der Waals surface area contributed by atoms with E-state index in [0.29, 0.717) is 11.6 Å². The summed E-state index contributed by atoms with van der Waals surface area (Å²) in [5.74, 6) is 0.186. The maximum Gasteiger partial charge on any atom is 0.407 e. The fourth-order valence-corrected chi connectivity index (χ4v) is 2.70. The largest absolute Gasteiger partial charge is 0.444 e. The number of nitrogens with one attached hydrogen (secondary N) is 3. The minimum Gasteiger partial charge on any atom is -0.444 e. The Morgan fingerprint density at radius 3 is 2.48 bits per heavy atom. The van der Waals surface area contributed by atoms with Gasteiger partial charge in [-0.15, -0.1) is 0 Å². The van der Waals surface area contributed by atoms with Crippen molar-refractivity contribution >= 4 is 23.6 Å². The fourth-order valence-electron chi connectivity index (χ4n) is 2.70. The molecule has 29 heavy (non-hydrogen) atoms. The van der Waals surface area contributed by atoms with Crippen LogP contribution in [0.3, 0.4) is 0 Å².